The number of anilines is 1. The van der Waals surface area contributed by atoms with Crippen LogP contribution in [0.3, 0.4) is 0 Å². The summed E-state index contributed by atoms with van der Waals surface area (Å²) in [5, 5.41) is 8.37. The first-order valence-corrected chi connectivity index (χ1v) is 8.93. The van der Waals surface area contributed by atoms with Crippen LogP contribution in [0.1, 0.15) is 15.9 Å². The van der Waals surface area contributed by atoms with Crippen molar-refractivity contribution in [3.63, 3.8) is 0 Å². The molecule has 0 fully saturated rings. The molecule has 0 bridgehead atoms. The Hall–Kier alpha value is -4.15. The molecule has 0 heterocycles. The van der Waals surface area contributed by atoms with Crippen molar-refractivity contribution in [2.45, 2.75) is 6.54 Å². The van der Waals surface area contributed by atoms with Crippen LogP contribution in [0.5, 0.6) is 0 Å². The van der Waals surface area contributed by atoms with Crippen LogP contribution in [-0.4, -0.2) is 48.3 Å². The molecule has 0 spiro atoms. The Balaban J connectivity index is 2.24. The van der Waals surface area contributed by atoms with E-state index in [9.17, 15) is 18.4 Å². The number of nitrogens with one attached hydrogen (secondary N) is 1. The summed E-state index contributed by atoms with van der Waals surface area (Å²) < 4.78 is 27.2. The normalized spacial score (nSPS) is 11.7. The molecule has 2 rings (SSSR count). The lowest BCUT2D eigenvalue weighted by atomic mass is 10.2. The van der Waals surface area contributed by atoms with Crippen molar-refractivity contribution < 1.29 is 23.8 Å². The van der Waals surface area contributed by atoms with Crippen molar-refractivity contribution in [3.05, 3.63) is 65.2 Å². The van der Waals surface area contributed by atoms with Crippen molar-refractivity contribution in [1.29, 1.82) is 0 Å². The number of benzene rings is 2. The van der Waals surface area contributed by atoms with Crippen molar-refractivity contribution in [2.24, 2.45) is 21.5 Å². The van der Waals surface area contributed by atoms with Crippen LogP contribution in [0.2, 0.25) is 0 Å². The highest BCUT2D eigenvalue weighted by atomic mass is 19.2. The predicted octanol–water partition coefficient (Wildman–Crippen LogP) is -0.323. The van der Waals surface area contributed by atoms with Crippen LogP contribution in [-0.2, 0) is 11.3 Å². The third kappa shape index (κ3) is 6.16. The molecule has 2 amide bonds. The molecule has 0 unspecified atom stereocenters. The average Bonchev–Trinajstić information content (AvgIpc) is 2.73. The molecule has 2 aromatic rings. The van der Waals surface area contributed by atoms with E-state index in [0.29, 0.717) is 11.3 Å². The van der Waals surface area contributed by atoms with Gasteiger partial charge in [-0.3, -0.25) is 14.6 Å². The Bertz CT molecular complexity index is 1060. The van der Waals surface area contributed by atoms with E-state index in [1.807, 2.05) is 0 Å². The summed E-state index contributed by atoms with van der Waals surface area (Å²) in [5.41, 5.74) is 11.4. The number of rotatable bonds is 6. The molecule has 9 nitrogen and oxygen atoms in total. The average molecular weight is 430 g/mol. The van der Waals surface area contributed by atoms with Gasteiger partial charge in [-0.05, 0) is 30.3 Å². The molecular formula is C20H22F2N7O2+. The van der Waals surface area contributed by atoms with Crippen molar-refractivity contribution in [3.8, 4) is 0 Å². The summed E-state index contributed by atoms with van der Waals surface area (Å²) in [6, 6.07) is 9.96. The van der Waals surface area contributed by atoms with Gasteiger partial charge in [-0.15, -0.1) is 0 Å². The number of aliphatic imine (C=N–C) groups is 2. The maximum absolute atomic E-state index is 13.8. The monoisotopic (exact) mass is 430 g/mol. The van der Waals surface area contributed by atoms with Gasteiger partial charge in [-0.2, -0.15) is 4.99 Å². The van der Waals surface area contributed by atoms with Crippen LogP contribution in [0, 0.1) is 11.6 Å². The van der Waals surface area contributed by atoms with E-state index in [2.05, 4.69) is 15.3 Å². The lowest BCUT2D eigenvalue weighted by Gasteiger charge is -2.11. The first-order valence-electron chi connectivity index (χ1n) is 8.93. The zero-order chi connectivity index (χ0) is 23.1. The maximum Gasteiger partial charge on any atom is 0.317 e. The van der Waals surface area contributed by atoms with Gasteiger partial charge in [0.15, 0.2) is 17.6 Å². The van der Waals surface area contributed by atoms with Crippen LogP contribution >= 0.6 is 0 Å². The number of guanidine groups is 1. The van der Waals surface area contributed by atoms with Gasteiger partial charge in [0.1, 0.15) is 0 Å². The third-order valence-corrected chi connectivity index (χ3v) is 3.97. The van der Waals surface area contributed by atoms with E-state index in [-0.39, 0.29) is 29.8 Å². The lowest BCUT2D eigenvalue weighted by Crippen LogP contribution is -2.52. The molecule has 162 valence electrons. The Morgan fingerprint density at radius 1 is 1.10 bits per heavy atom. The van der Waals surface area contributed by atoms with E-state index in [1.165, 1.54) is 17.0 Å². The van der Waals surface area contributed by atoms with Crippen LogP contribution < -0.4 is 22.2 Å². The third-order valence-electron chi connectivity index (χ3n) is 3.97. The molecule has 31 heavy (non-hydrogen) atoms. The number of carbonyl (C=O) groups is 2. The van der Waals surface area contributed by atoms with Crippen LogP contribution in [0.25, 0.3) is 0 Å². The quantitative estimate of drug-likeness (QED) is 0.366. The Kier molecular flexibility index (Phi) is 7.50. The summed E-state index contributed by atoms with van der Waals surface area (Å²) >= 11 is 0. The molecule has 7 N–H and O–H groups in total. The molecule has 0 saturated carbocycles. The Morgan fingerprint density at radius 2 is 1.74 bits per heavy atom. The molecule has 0 aliphatic heterocycles. The number of carbonyl (C=O) groups excluding carboxylic acids is 2. The van der Waals surface area contributed by atoms with E-state index < -0.39 is 23.3 Å². The number of amidine groups is 1. The highest BCUT2D eigenvalue weighted by Gasteiger charge is 2.20. The summed E-state index contributed by atoms with van der Waals surface area (Å²) in [5.74, 6) is -3.85. The molecule has 0 radical (unpaired) electrons. The van der Waals surface area contributed by atoms with Crippen molar-refractivity contribution >= 4 is 35.0 Å². The molecule has 0 aliphatic carbocycles. The molecule has 11 heteroatoms. The fraction of sp³-hybridized carbons (Fsp3) is 0.150. The minimum absolute atomic E-state index is 0.0716. The number of hydrogen-bond acceptors (Lipinski definition) is 3. The van der Waals surface area contributed by atoms with Gasteiger partial charge >= 0.3 is 11.6 Å². The van der Waals surface area contributed by atoms with E-state index in [4.69, 9.17) is 16.9 Å². The van der Waals surface area contributed by atoms with Crippen molar-refractivity contribution in [2.75, 3.05) is 19.4 Å². The van der Waals surface area contributed by atoms with Crippen LogP contribution in [0.15, 0.2) is 52.4 Å². The second-order valence-corrected chi connectivity index (χ2v) is 6.53. The predicted molar refractivity (Wildman–Crippen MR) is 113 cm³/mol. The van der Waals surface area contributed by atoms with Gasteiger partial charge in [-0.1, -0.05) is 12.1 Å². The summed E-state index contributed by atoms with van der Waals surface area (Å²) in [6.07, 6.45) is 0. The molecule has 0 saturated heterocycles. The van der Waals surface area contributed by atoms with Gasteiger partial charge in [0.05, 0.1) is 6.54 Å². The van der Waals surface area contributed by atoms with Gasteiger partial charge < -0.3 is 21.7 Å². The second-order valence-electron chi connectivity index (χ2n) is 6.53. The SMILES string of the molecule is CN(C)C(=O)c1ccc(NC(N)=NC(=NCc2cccc(F)c2F)C(=[NH2+])C(N)=O)cc1. The number of nitrogens with two attached hydrogens (primary N) is 3. The van der Waals surface area contributed by atoms with Crippen molar-refractivity contribution in [1.82, 2.24) is 4.90 Å². The summed E-state index contributed by atoms with van der Waals surface area (Å²) in [7, 11) is 3.27. The fourth-order valence-electron chi connectivity index (χ4n) is 2.37. The first-order chi connectivity index (χ1) is 14.6. The number of hydrogen-bond donors (Lipinski definition) is 4. The lowest BCUT2D eigenvalue weighted by molar-refractivity contribution is -0.132. The number of halogens is 2. The number of primary amides is 1. The zero-order valence-electron chi connectivity index (χ0n) is 16.9. The molecule has 2 aromatic carbocycles. The summed E-state index contributed by atoms with van der Waals surface area (Å²) in [6.45, 7) is -0.356. The minimum atomic E-state index is -1.08. The van der Waals surface area contributed by atoms with Crippen LogP contribution in [0.4, 0.5) is 14.5 Å². The molecular weight excluding hydrogens is 408 g/mol. The molecule has 0 aromatic heterocycles. The standard InChI is InChI=1S/C20H21F2N7O2/c1-29(2)19(31)11-6-8-13(9-7-11)27-20(25)28-18(16(23)17(24)30)26-10-12-4-3-5-14(21)15(12)22/h3-9,23H,10H2,1-2H3,(H2,24,30)(H3,25,26,27,28)/p+1. The zero-order valence-corrected chi connectivity index (χ0v) is 16.9. The van der Waals surface area contributed by atoms with Gasteiger partial charge in [0.25, 0.3) is 5.91 Å². The number of amides is 2. The highest BCUT2D eigenvalue weighted by Crippen LogP contribution is 2.13. The Labute approximate surface area is 177 Å². The van der Waals surface area contributed by atoms with Gasteiger partial charge in [0, 0.05) is 30.9 Å². The molecule has 0 atom stereocenters. The summed E-state index contributed by atoms with van der Waals surface area (Å²) in [4.78, 5) is 32.7. The smallest absolute Gasteiger partial charge is 0.317 e. The van der Waals surface area contributed by atoms with E-state index >= 15 is 0 Å². The largest absolute Gasteiger partial charge is 0.369 e. The number of nitrogens with zero attached hydrogens (tertiary/aromatic N) is 3. The van der Waals surface area contributed by atoms with Gasteiger partial charge in [0.2, 0.25) is 5.84 Å². The first kappa shape index (κ1) is 23.1. The maximum atomic E-state index is 13.8. The van der Waals surface area contributed by atoms with E-state index in [1.54, 1.807) is 38.4 Å². The van der Waals surface area contributed by atoms with E-state index in [0.717, 1.165) is 6.07 Å². The second kappa shape index (κ2) is 10.1. The van der Waals surface area contributed by atoms with Gasteiger partial charge in [-0.25, -0.2) is 14.2 Å². The minimum Gasteiger partial charge on any atom is -0.369 e. The molecule has 0 aliphatic rings. The topological polar surface area (TPSA) is 152 Å². The fourth-order valence-corrected chi connectivity index (χ4v) is 2.37. The Morgan fingerprint density at radius 3 is 2.32 bits per heavy atom. The highest BCUT2D eigenvalue weighted by molar-refractivity contribution is 6.64.